The fourth-order valence-corrected chi connectivity index (χ4v) is 2.31. The summed E-state index contributed by atoms with van der Waals surface area (Å²) in [7, 11) is 1.83. The first-order valence-electron chi connectivity index (χ1n) is 6.11. The summed E-state index contributed by atoms with van der Waals surface area (Å²) in [5.74, 6) is -0.402. The molecule has 3 nitrogen and oxygen atoms in total. The van der Waals surface area contributed by atoms with Gasteiger partial charge < -0.3 is 4.90 Å². The molecule has 0 spiro atoms. The van der Waals surface area contributed by atoms with E-state index in [0.717, 1.165) is 12.0 Å². The quantitative estimate of drug-likeness (QED) is 0.859. The number of benzene rings is 1. The standard InChI is InChI=1S/C15H13BrFN3/c1-20(9-6-11-4-7-19-8-5-11)13-3-2-12(10-18)14(16)15(13)17/h2-5,7-8H,6,9H2,1H3. The molecule has 0 bridgehead atoms. The van der Waals surface area contributed by atoms with E-state index in [4.69, 9.17) is 5.26 Å². The molecule has 0 aliphatic rings. The monoisotopic (exact) mass is 333 g/mol. The molecule has 0 aliphatic carbocycles. The molecule has 0 aliphatic heterocycles. The van der Waals surface area contributed by atoms with Gasteiger partial charge in [-0.05, 0) is 52.2 Å². The summed E-state index contributed by atoms with van der Waals surface area (Å²) in [5.41, 5.74) is 1.93. The minimum absolute atomic E-state index is 0.216. The Kier molecular flexibility index (Phi) is 4.70. The van der Waals surface area contributed by atoms with Gasteiger partial charge in [0.15, 0.2) is 5.82 Å². The van der Waals surface area contributed by atoms with Gasteiger partial charge in [-0.15, -0.1) is 0 Å². The molecule has 2 rings (SSSR count). The first-order chi connectivity index (χ1) is 9.63. The number of pyridine rings is 1. The van der Waals surface area contributed by atoms with Crippen molar-refractivity contribution in [3.05, 3.63) is 58.1 Å². The number of nitriles is 1. The number of aromatic nitrogens is 1. The maximum Gasteiger partial charge on any atom is 0.161 e. The second-order valence-electron chi connectivity index (χ2n) is 4.40. The van der Waals surface area contributed by atoms with Crippen molar-refractivity contribution in [3.8, 4) is 6.07 Å². The molecule has 5 heteroatoms. The van der Waals surface area contributed by atoms with Crippen LogP contribution >= 0.6 is 15.9 Å². The molecule has 0 unspecified atom stereocenters. The van der Waals surface area contributed by atoms with Gasteiger partial charge in [-0.2, -0.15) is 5.26 Å². The minimum Gasteiger partial charge on any atom is -0.372 e. The normalized spacial score (nSPS) is 10.1. The van der Waals surface area contributed by atoms with Gasteiger partial charge in [-0.25, -0.2) is 4.39 Å². The van der Waals surface area contributed by atoms with E-state index in [0.29, 0.717) is 17.8 Å². The Morgan fingerprint density at radius 2 is 2.00 bits per heavy atom. The lowest BCUT2D eigenvalue weighted by atomic mass is 10.1. The van der Waals surface area contributed by atoms with Gasteiger partial charge in [0.2, 0.25) is 0 Å². The Bertz CT molecular complexity index is 638. The Morgan fingerprint density at radius 1 is 1.30 bits per heavy atom. The summed E-state index contributed by atoms with van der Waals surface area (Å²) in [5, 5.41) is 8.86. The molecule has 0 fully saturated rings. The second-order valence-corrected chi connectivity index (χ2v) is 5.19. The number of likely N-dealkylation sites (N-methyl/N-ethyl adjacent to an activating group) is 1. The largest absolute Gasteiger partial charge is 0.372 e. The van der Waals surface area contributed by atoms with E-state index in [1.807, 2.05) is 30.1 Å². The number of nitrogens with zero attached hydrogens (tertiary/aromatic N) is 3. The molecule has 1 aromatic carbocycles. The van der Waals surface area contributed by atoms with Crippen LogP contribution < -0.4 is 4.90 Å². The van der Waals surface area contributed by atoms with Crippen molar-refractivity contribution in [2.24, 2.45) is 0 Å². The zero-order chi connectivity index (χ0) is 14.5. The van der Waals surface area contributed by atoms with Gasteiger partial charge in [0, 0.05) is 26.0 Å². The summed E-state index contributed by atoms with van der Waals surface area (Å²) in [6.45, 7) is 0.680. The minimum atomic E-state index is -0.402. The zero-order valence-electron chi connectivity index (χ0n) is 11.0. The van der Waals surface area contributed by atoms with Crippen LogP contribution in [0, 0.1) is 17.1 Å². The van der Waals surface area contributed by atoms with E-state index in [2.05, 4.69) is 20.9 Å². The Labute approximate surface area is 125 Å². The van der Waals surface area contributed by atoms with Crippen LogP contribution in [0.1, 0.15) is 11.1 Å². The van der Waals surface area contributed by atoms with Gasteiger partial charge in [-0.1, -0.05) is 0 Å². The highest BCUT2D eigenvalue weighted by Crippen LogP contribution is 2.28. The fraction of sp³-hybridized carbons (Fsp3) is 0.200. The van der Waals surface area contributed by atoms with E-state index >= 15 is 0 Å². The van der Waals surface area contributed by atoms with Crippen LogP contribution in [-0.4, -0.2) is 18.6 Å². The molecular formula is C15H13BrFN3. The average molecular weight is 334 g/mol. The highest BCUT2D eigenvalue weighted by Gasteiger charge is 2.14. The molecule has 1 aromatic heterocycles. The van der Waals surface area contributed by atoms with E-state index < -0.39 is 5.82 Å². The van der Waals surface area contributed by atoms with Crippen molar-refractivity contribution in [1.29, 1.82) is 5.26 Å². The third-order valence-electron chi connectivity index (χ3n) is 3.08. The van der Waals surface area contributed by atoms with Gasteiger partial charge in [-0.3, -0.25) is 4.98 Å². The Balaban J connectivity index is 2.12. The van der Waals surface area contributed by atoms with Crippen molar-refractivity contribution < 1.29 is 4.39 Å². The van der Waals surface area contributed by atoms with E-state index in [1.165, 1.54) is 0 Å². The summed E-state index contributed by atoms with van der Waals surface area (Å²) in [4.78, 5) is 5.80. The van der Waals surface area contributed by atoms with Crippen LogP contribution in [0.4, 0.5) is 10.1 Å². The summed E-state index contributed by atoms with van der Waals surface area (Å²) in [6.07, 6.45) is 4.29. The second kappa shape index (κ2) is 6.49. The van der Waals surface area contributed by atoms with Gasteiger partial charge in [0.1, 0.15) is 6.07 Å². The van der Waals surface area contributed by atoms with E-state index in [9.17, 15) is 4.39 Å². The Hall–Kier alpha value is -1.93. The lowest BCUT2D eigenvalue weighted by Gasteiger charge is -2.20. The molecule has 1 heterocycles. The highest BCUT2D eigenvalue weighted by molar-refractivity contribution is 9.10. The van der Waals surface area contributed by atoms with Crippen LogP contribution in [0.25, 0.3) is 0 Å². The van der Waals surface area contributed by atoms with Crippen LogP contribution in [-0.2, 0) is 6.42 Å². The molecule has 2 aromatic rings. The van der Waals surface area contributed by atoms with Gasteiger partial charge >= 0.3 is 0 Å². The van der Waals surface area contributed by atoms with Crippen LogP contribution in [0.5, 0.6) is 0 Å². The predicted molar refractivity (Wildman–Crippen MR) is 80.0 cm³/mol. The predicted octanol–water partition coefficient (Wildman–Crippen LogP) is 3.53. The molecule has 0 atom stereocenters. The van der Waals surface area contributed by atoms with Gasteiger partial charge in [0.05, 0.1) is 15.7 Å². The third kappa shape index (κ3) is 3.14. The van der Waals surface area contributed by atoms with Crippen molar-refractivity contribution in [2.75, 3.05) is 18.5 Å². The van der Waals surface area contributed by atoms with Crippen molar-refractivity contribution >= 4 is 21.6 Å². The smallest absolute Gasteiger partial charge is 0.161 e. The topological polar surface area (TPSA) is 39.9 Å². The average Bonchev–Trinajstić information content (AvgIpc) is 2.48. The van der Waals surface area contributed by atoms with Crippen molar-refractivity contribution in [1.82, 2.24) is 4.98 Å². The zero-order valence-corrected chi connectivity index (χ0v) is 12.6. The Morgan fingerprint density at radius 3 is 2.65 bits per heavy atom. The summed E-state index contributed by atoms with van der Waals surface area (Å²) >= 11 is 3.12. The molecule has 0 amide bonds. The van der Waals surface area contributed by atoms with Crippen molar-refractivity contribution in [2.45, 2.75) is 6.42 Å². The maximum absolute atomic E-state index is 14.2. The number of anilines is 1. The number of hydrogen-bond acceptors (Lipinski definition) is 3. The van der Waals surface area contributed by atoms with Crippen LogP contribution in [0.15, 0.2) is 41.1 Å². The lowest BCUT2D eigenvalue weighted by molar-refractivity contribution is 0.615. The SMILES string of the molecule is CN(CCc1ccncc1)c1ccc(C#N)c(Br)c1F. The molecule has 0 N–H and O–H groups in total. The summed E-state index contributed by atoms with van der Waals surface area (Å²) in [6, 6.07) is 9.08. The van der Waals surface area contributed by atoms with Crippen LogP contribution in [0.3, 0.4) is 0 Å². The fourth-order valence-electron chi connectivity index (χ4n) is 1.89. The molecule has 0 saturated carbocycles. The lowest BCUT2D eigenvalue weighted by Crippen LogP contribution is -2.21. The highest BCUT2D eigenvalue weighted by atomic mass is 79.9. The van der Waals surface area contributed by atoms with Crippen molar-refractivity contribution in [3.63, 3.8) is 0 Å². The number of rotatable bonds is 4. The molecule has 102 valence electrons. The third-order valence-corrected chi connectivity index (χ3v) is 3.85. The van der Waals surface area contributed by atoms with E-state index in [1.54, 1.807) is 24.5 Å². The molecule has 20 heavy (non-hydrogen) atoms. The van der Waals surface area contributed by atoms with E-state index in [-0.39, 0.29) is 4.47 Å². The van der Waals surface area contributed by atoms with Crippen LogP contribution in [0.2, 0.25) is 0 Å². The van der Waals surface area contributed by atoms with Gasteiger partial charge in [0.25, 0.3) is 0 Å². The molecule has 0 radical (unpaired) electrons. The molecular weight excluding hydrogens is 321 g/mol. The number of hydrogen-bond donors (Lipinski definition) is 0. The molecule has 0 saturated heterocycles. The summed E-state index contributed by atoms with van der Waals surface area (Å²) < 4.78 is 14.4. The maximum atomic E-state index is 14.2. The number of halogens is 2. The first-order valence-corrected chi connectivity index (χ1v) is 6.91. The first kappa shape index (κ1) is 14.5.